The van der Waals surface area contributed by atoms with Gasteiger partial charge in [0.2, 0.25) is 0 Å². The highest BCUT2D eigenvalue weighted by Gasteiger charge is 2.37. The van der Waals surface area contributed by atoms with Gasteiger partial charge in [-0.25, -0.2) is 4.68 Å². The average Bonchev–Trinajstić information content (AvgIpc) is 3.13. The molecule has 0 radical (unpaired) electrons. The fourth-order valence-electron chi connectivity index (χ4n) is 2.86. The van der Waals surface area contributed by atoms with Gasteiger partial charge in [0.1, 0.15) is 0 Å². The number of hydrogen-bond donors (Lipinski definition) is 1. The van der Waals surface area contributed by atoms with Crippen molar-refractivity contribution in [3.8, 4) is 5.69 Å². The van der Waals surface area contributed by atoms with Crippen molar-refractivity contribution in [2.45, 2.75) is 6.92 Å². The lowest BCUT2D eigenvalue weighted by Gasteiger charge is -2.14. The molecular weight excluding hydrogens is 353 g/mol. The number of benzene rings is 1. The van der Waals surface area contributed by atoms with Gasteiger partial charge >= 0.3 is 5.97 Å². The Bertz CT molecular complexity index is 806. The Labute approximate surface area is 148 Å². The molecule has 1 aliphatic heterocycles. The number of carboxylic acid groups (broad SMARTS) is 1. The van der Waals surface area contributed by atoms with Crippen LogP contribution in [0.15, 0.2) is 30.5 Å². The minimum Gasteiger partial charge on any atom is -0.481 e. The Balaban J connectivity index is 1.81. The minimum absolute atomic E-state index is 0.0840. The molecule has 1 saturated heterocycles. The molecule has 0 bridgehead atoms. The van der Waals surface area contributed by atoms with Gasteiger partial charge in [0, 0.05) is 24.3 Å². The predicted molar refractivity (Wildman–Crippen MR) is 89.8 cm³/mol. The monoisotopic (exact) mass is 367 g/mol. The normalized spacial score (nSPS) is 20.4. The van der Waals surface area contributed by atoms with Gasteiger partial charge in [-0.15, -0.1) is 0 Å². The molecule has 0 saturated carbocycles. The van der Waals surface area contributed by atoms with Crippen LogP contribution in [0.5, 0.6) is 0 Å². The topological polar surface area (TPSA) is 75.4 Å². The largest absolute Gasteiger partial charge is 0.481 e. The number of nitrogens with zero attached hydrogens (tertiary/aromatic N) is 3. The molecule has 1 amide bonds. The molecule has 0 spiro atoms. The third-order valence-corrected chi connectivity index (χ3v) is 4.72. The van der Waals surface area contributed by atoms with Gasteiger partial charge < -0.3 is 10.0 Å². The first-order valence-corrected chi connectivity index (χ1v) is 8.15. The molecule has 2 atom stereocenters. The van der Waals surface area contributed by atoms with Crippen molar-refractivity contribution in [3.05, 3.63) is 46.2 Å². The number of carbonyl (C=O) groups excluding carboxylic acids is 1. The van der Waals surface area contributed by atoms with Crippen LogP contribution in [0, 0.1) is 11.8 Å². The second-order valence-electron chi connectivity index (χ2n) is 5.87. The van der Waals surface area contributed by atoms with Crippen LogP contribution in [0.25, 0.3) is 5.69 Å². The number of halogens is 2. The van der Waals surface area contributed by atoms with Crippen LogP contribution in [0.2, 0.25) is 10.0 Å². The summed E-state index contributed by atoms with van der Waals surface area (Å²) in [6, 6.07) is 6.59. The first-order chi connectivity index (χ1) is 11.4. The van der Waals surface area contributed by atoms with Crippen molar-refractivity contribution >= 4 is 35.1 Å². The van der Waals surface area contributed by atoms with Crippen molar-refractivity contribution in [2.75, 3.05) is 13.1 Å². The van der Waals surface area contributed by atoms with Crippen LogP contribution in [0.4, 0.5) is 0 Å². The number of hydrogen-bond acceptors (Lipinski definition) is 3. The summed E-state index contributed by atoms with van der Waals surface area (Å²) in [4.78, 5) is 25.3. The molecular formula is C16H15Cl2N3O3. The number of carbonyl (C=O) groups is 2. The van der Waals surface area contributed by atoms with Crippen LogP contribution in [-0.2, 0) is 4.79 Å². The van der Waals surface area contributed by atoms with Crippen molar-refractivity contribution in [2.24, 2.45) is 11.8 Å². The second kappa shape index (κ2) is 6.45. The predicted octanol–water partition coefficient (Wildman–Crippen LogP) is 2.97. The highest BCUT2D eigenvalue weighted by atomic mass is 35.5. The molecule has 1 N–H and O–H groups in total. The fraction of sp³-hybridized carbons (Fsp3) is 0.312. The van der Waals surface area contributed by atoms with Crippen LogP contribution in [0.3, 0.4) is 0 Å². The summed E-state index contributed by atoms with van der Waals surface area (Å²) in [6.07, 6.45) is 1.64. The lowest BCUT2D eigenvalue weighted by Crippen LogP contribution is -2.30. The van der Waals surface area contributed by atoms with Gasteiger partial charge in [-0.05, 0) is 30.2 Å². The van der Waals surface area contributed by atoms with E-state index in [0.717, 1.165) is 0 Å². The molecule has 3 rings (SSSR count). The SMILES string of the molecule is C[C@@H]1CN(C(=O)c2ccn(-c3ccc(Cl)cc3Cl)n2)C[C@H]1C(=O)O. The van der Waals surface area contributed by atoms with Gasteiger partial charge in [0.25, 0.3) is 5.91 Å². The van der Waals surface area contributed by atoms with Gasteiger partial charge in [0.05, 0.1) is 16.6 Å². The lowest BCUT2D eigenvalue weighted by atomic mass is 9.99. The third-order valence-electron chi connectivity index (χ3n) is 4.18. The van der Waals surface area contributed by atoms with E-state index in [0.29, 0.717) is 22.3 Å². The number of carboxylic acids is 1. The smallest absolute Gasteiger partial charge is 0.308 e. The molecule has 0 aliphatic carbocycles. The van der Waals surface area contributed by atoms with Gasteiger partial charge in [-0.1, -0.05) is 30.1 Å². The quantitative estimate of drug-likeness (QED) is 0.904. The van der Waals surface area contributed by atoms with Gasteiger partial charge in [-0.3, -0.25) is 9.59 Å². The number of likely N-dealkylation sites (tertiary alicyclic amines) is 1. The molecule has 1 aromatic heterocycles. The Kier molecular flexibility index (Phi) is 4.51. The molecule has 1 fully saturated rings. The third kappa shape index (κ3) is 3.12. The maximum absolute atomic E-state index is 12.5. The van der Waals surface area contributed by atoms with Gasteiger partial charge in [0.15, 0.2) is 5.69 Å². The van der Waals surface area contributed by atoms with Crippen molar-refractivity contribution in [1.82, 2.24) is 14.7 Å². The molecule has 1 aliphatic rings. The van der Waals surface area contributed by atoms with E-state index in [2.05, 4.69) is 5.10 Å². The molecule has 1 aromatic carbocycles. The highest BCUT2D eigenvalue weighted by Crippen LogP contribution is 2.26. The summed E-state index contributed by atoms with van der Waals surface area (Å²) < 4.78 is 1.50. The number of aromatic nitrogens is 2. The molecule has 8 heteroatoms. The van der Waals surface area contributed by atoms with E-state index in [1.54, 1.807) is 30.5 Å². The lowest BCUT2D eigenvalue weighted by molar-refractivity contribution is -0.142. The van der Waals surface area contributed by atoms with Crippen LogP contribution >= 0.6 is 23.2 Å². The van der Waals surface area contributed by atoms with Crippen LogP contribution in [-0.4, -0.2) is 44.8 Å². The first-order valence-electron chi connectivity index (χ1n) is 7.40. The number of rotatable bonds is 3. The molecule has 126 valence electrons. The standard InChI is InChI=1S/C16H15Cl2N3O3/c1-9-7-20(8-11(9)16(23)24)15(22)13-4-5-21(19-13)14-3-2-10(17)6-12(14)18/h2-6,9,11H,7-8H2,1H3,(H,23,24)/t9-,11-/m1/s1. The average molecular weight is 368 g/mol. The fourth-order valence-corrected chi connectivity index (χ4v) is 3.35. The zero-order valence-electron chi connectivity index (χ0n) is 12.8. The summed E-state index contributed by atoms with van der Waals surface area (Å²) in [6.45, 7) is 2.44. The van der Waals surface area contributed by atoms with Crippen molar-refractivity contribution in [1.29, 1.82) is 0 Å². The summed E-state index contributed by atoms with van der Waals surface area (Å²) in [5.41, 5.74) is 0.859. The summed E-state index contributed by atoms with van der Waals surface area (Å²) in [7, 11) is 0. The van der Waals surface area contributed by atoms with Crippen LogP contribution in [0.1, 0.15) is 17.4 Å². The van der Waals surface area contributed by atoms with E-state index >= 15 is 0 Å². The van der Waals surface area contributed by atoms with E-state index in [1.807, 2.05) is 6.92 Å². The molecule has 0 unspecified atom stereocenters. The van der Waals surface area contributed by atoms with E-state index in [9.17, 15) is 14.7 Å². The Hall–Kier alpha value is -2.05. The van der Waals surface area contributed by atoms with E-state index in [4.69, 9.17) is 23.2 Å². The Morgan fingerprint density at radius 1 is 1.25 bits per heavy atom. The Morgan fingerprint density at radius 2 is 2.00 bits per heavy atom. The molecule has 2 aromatic rings. The van der Waals surface area contributed by atoms with Crippen molar-refractivity contribution in [3.63, 3.8) is 0 Å². The summed E-state index contributed by atoms with van der Waals surface area (Å²) in [5.74, 6) is -1.79. The summed E-state index contributed by atoms with van der Waals surface area (Å²) >= 11 is 12.0. The minimum atomic E-state index is -0.878. The van der Waals surface area contributed by atoms with Crippen LogP contribution < -0.4 is 0 Å². The zero-order chi connectivity index (χ0) is 17.4. The Morgan fingerprint density at radius 3 is 2.62 bits per heavy atom. The summed E-state index contributed by atoms with van der Waals surface area (Å²) in [5, 5.41) is 14.4. The maximum Gasteiger partial charge on any atom is 0.308 e. The van der Waals surface area contributed by atoms with E-state index in [-0.39, 0.29) is 24.1 Å². The molecule has 2 heterocycles. The molecule has 6 nitrogen and oxygen atoms in total. The van der Waals surface area contributed by atoms with E-state index in [1.165, 1.54) is 9.58 Å². The zero-order valence-corrected chi connectivity index (χ0v) is 14.3. The molecule has 24 heavy (non-hydrogen) atoms. The maximum atomic E-state index is 12.5. The number of aliphatic carboxylic acids is 1. The second-order valence-corrected chi connectivity index (χ2v) is 6.72. The van der Waals surface area contributed by atoms with Crippen molar-refractivity contribution < 1.29 is 14.7 Å². The van der Waals surface area contributed by atoms with Gasteiger partial charge in [-0.2, -0.15) is 5.10 Å². The van der Waals surface area contributed by atoms with E-state index < -0.39 is 11.9 Å². The highest BCUT2D eigenvalue weighted by molar-refractivity contribution is 6.35. The first kappa shape index (κ1) is 16.8. The number of amides is 1.